The summed E-state index contributed by atoms with van der Waals surface area (Å²) in [7, 11) is 2.11. The number of likely N-dealkylation sites (N-methyl/N-ethyl adjacent to an activating group) is 1. The summed E-state index contributed by atoms with van der Waals surface area (Å²) in [6, 6.07) is 5.21. The van der Waals surface area contributed by atoms with Gasteiger partial charge in [-0.05, 0) is 57.5 Å². The van der Waals surface area contributed by atoms with E-state index in [-0.39, 0.29) is 0 Å². The van der Waals surface area contributed by atoms with Gasteiger partial charge in [0.25, 0.3) is 0 Å². The van der Waals surface area contributed by atoms with Gasteiger partial charge in [-0.25, -0.2) is 0 Å². The molecule has 2 unspecified atom stereocenters. The van der Waals surface area contributed by atoms with Crippen molar-refractivity contribution in [3.63, 3.8) is 0 Å². The van der Waals surface area contributed by atoms with E-state index in [0.717, 1.165) is 0 Å². The van der Waals surface area contributed by atoms with E-state index in [1.165, 1.54) is 41.2 Å². The smallest absolute Gasteiger partial charge is 0.0288 e. The summed E-state index contributed by atoms with van der Waals surface area (Å²) in [5.74, 6) is 1.33. The third-order valence-electron chi connectivity index (χ3n) is 3.81. The van der Waals surface area contributed by atoms with E-state index >= 15 is 0 Å². The molecule has 0 amide bonds. The Morgan fingerprint density at radius 3 is 2.71 bits per heavy atom. The fourth-order valence-electron chi connectivity index (χ4n) is 2.62. The number of rotatable bonds is 5. The fourth-order valence-corrected chi connectivity index (χ4v) is 5.07. The standard InChI is InChI=1S/C14H23NS2/c1-4-11-6-7-12(17-11)10-13(15-3)14(2)8-5-9-16-14/h6-7,13,15H,4-5,8-10H2,1-3H3. The Balaban J connectivity index is 2.04. The van der Waals surface area contributed by atoms with E-state index in [1.807, 2.05) is 11.3 Å². The van der Waals surface area contributed by atoms with Gasteiger partial charge in [0.2, 0.25) is 0 Å². The van der Waals surface area contributed by atoms with Crippen LogP contribution in [0.4, 0.5) is 0 Å². The monoisotopic (exact) mass is 269 g/mol. The Morgan fingerprint density at radius 2 is 2.18 bits per heavy atom. The van der Waals surface area contributed by atoms with E-state index in [1.54, 1.807) is 0 Å². The zero-order chi connectivity index (χ0) is 12.3. The van der Waals surface area contributed by atoms with E-state index in [2.05, 4.69) is 50.1 Å². The third-order valence-corrected chi connectivity index (χ3v) is 6.70. The van der Waals surface area contributed by atoms with Crippen LogP contribution < -0.4 is 5.32 Å². The van der Waals surface area contributed by atoms with Crippen molar-refractivity contribution in [1.29, 1.82) is 0 Å². The normalized spacial score (nSPS) is 26.3. The Kier molecular flexibility index (Phi) is 4.56. The van der Waals surface area contributed by atoms with Gasteiger partial charge in [0.05, 0.1) is 0 Å². The van der Waals surface area contributed by atoms with Crippen LogP contribution >= 0.6 is 23.1 Å². The average molecular weight is 269 g/mol. The molecule has 0 aliphatic carbocycles. The summed E-state index contributed by atoms with van der Waals surface area (Å²) in [5, 5.41) is 3.55. The molecule has 1 fully saturated rings. The summed E-state index contributed by atoms with van der Waals surface area (Å²) >= 11 is 4.14. The van der Waals surface area contributed by atoms with Crippen LogP contribution in [0.5, 0.6) is 0 Å². The van der Waals surface area contributed by atoms with Crippen molar-refractivity contribution < 1.29 is 0 Å². The first-order valence-electron chi connectivity index (χ1n) is 6.57. The first kappa shape index (κ1) is 13.4. The molecule has 0 saturated carbocycles. The molecule has 2 heterocycles. The molecule has 1 aromatic rings. The van der Waals surface area contributed by atoms with Crippen LogP contribution in [-0.2, 0) is 12.8 Å². The van der Waals surface area contributed by atoms with Crippen LogP contribution in [0.15, 0.2) is 12.1 Å². The maximum absolute atomic E-state index is 3.55. The number of hydrogen-bond donors (Lipinski definition) is 1. The molecule has 2 rings (SSSR count). The van der Waals surface area contributed by atoms with Gasteiger partial charge in [0.1, 0.15) is 0 Å². The predicted octanol–water partition coefficient (Wildman–Crippen LogP) is 3.73. The second kappa shape index (κ2) is 5.77. The van der Waals surface area contributed by atoms with Gasteiger partial charge in [-0.3, -0.25) is 0 Å². The third kappa shape index (κ3) is 3.07. The molecule has 17 heavy (non-hydrogen) atoms. The summed E-state index contributed by atoms with van der Waals surface area (Å²) in [5.41, 5.74) is 0. The second-order valence-electron chi connectivity index (χ2n) is 5.03. The topological polar surface area (TPSA) is 12.0 Å². The van der Waals surface area contributed by atoms with Crippen molar-refractivity contribution in [1.82, 2.24) is 5.32 Å². The van der Waals surface area contributed by atoms with Crippen molar-refractivity contribution in [2.45, 2.75) is 50.3 Å². The van der Waals surface area contributed by atoms with Crippen LogP contribution in [0.1, 0.15) is 36.4 Å². The minimum absolute atomic E-state index is 0.436. The lowest BCUT2D eigenvalue weighted by atomic mass is 9.93. The Hall–Kier alpha value is 0.01000. The Bertz CT molecular complexity index is 353. The van der Waals surface area contributed by atoms with Gasteiger partial charge in [-0.2, -0.15) is 11.8 Å². The van der Waals surface area contributed by atoms with Gasteiger partial charge >= 0.3 is 0 Å². The minimum Gasteiger partial charge on any atom is -0.315 e. The molecule has 1 nitrogen and oxygen atoms in total. The first-order chi connectivity index (χ1) is 8.18. The Morgan fingerprint density at radius 1 is 1.41 bits per heavy atom. The highest BCUT2D eigenvalue weighted by molar-refractivity contribution is 8.00. The lowest BCUT2D eigenvalue weighted by molar-refractivity contribution is 0.426. The minimum atomic E-state index is 0.436. The summed E-state index contributed by atoms with van der Waals surface area (Å²) in [4.78, 5) is 3.05. The molecule has 0 radical (unpaired) electrons. The van der Waals surface area contributed by atoms with Crippen LogP contribution in [-0.4, -0.2) is 23.6 Å². The lowest BCUT2D eigenvalue weighted by Gasteiger charge is -2.33. The van der Waals surface area contributed by atoms with E-state index in [4.69, 9.17) is 0 Å². The van der Waals surface area contributed by atoms with E-state index in [9.17, 15) is 0 Å². The van der Waals surface area contributed by atoms with Crippen molar-refractivity contribution in [2.24, 2.45) is 0 Å². The maximum atomic E-state index is 3.55. The van der Waals surface area contributed by atoms with Crippen LogP contribution in [0, 0.1) is 0 Å². The largest absolute Gasteiger partial charge is 0.315 e. The number of aryl methyl sites for hydroxylation is 1. The number of nitrogens with one attached hydrogen (secondary N) is 1. The number of thioether (sulfide) groups is 1. The predicted molar refractivity (Wildman–Crippen MR) is 80.3 cm³/mol. The van der Waals surface area contributed by atoms with Crippen LogP contribution in [0.25, 0.3) is 0 Å². The quantitative estimate of drug-likeness (QED) is 0.874. The molecular formula is C14H23NS2. The maximum Gasteiger partial charge on any atom is 0.0288 e. The van der Waals surface area contributed by atoms with E-state index < -0.39 is 0 Å². The lowest BCUT2D eigenvalue weighted by Crippen LogP contribution is -2.44. The van der Waals surface area contributed by atoms with Crippen molar-refractivity contribution in [3.05, 3.63) is 21.9 Å². The van der Waals surface area contributed by atoms with Crippen molar-refractivity contribution >= 4 is 23.1 Å². The zero-order valence-corrected chi connectivity index (χ0v) is 12.7. The van der Waals surface area contributed by atoms with Gasteiger partial charge in [0.15, 0.2) is 0 Å². The van der Waals surface area contributed by atoms with E-state index in [0.29, 0.717) is 10.8 Å². The zero-order valence-electron chi connectivity index (χ0n) is 11.1. The highest BCUT2D eigenvalue weighted by Gasteiger charge is 2.37. The molecule has 0 spiro atoms. The molecule has 0 bridgehead atoms. The highest BCUT2D eigenvalue weighted by atomic mass is 32.2. The molecule has 3 heteroatoms. The van der Waals surface area contributed by atoms with Crippen LogP contribution in [0.3, 0.4) is 0 Å². The molecule has 1 aliphatic heterocycles. The molecule has 1 saturated heterocycles. The first-order valence-corrected chi connectivity index (χ1v) is 8.37. The summed E-state index contributed by atoms with van der Waals surface area (Å²) < 4.78 is 0.436. The van der Waals surface area contributed by atoms with Gasteiger partial charge in [-0.1, -0.05) is 6.92 Å². The molecule has 0 aromatic carbocycles. The molecule has 96 valence electrons. The highest BCUT2D eigenvalue weighted by Crippen LogP contribution is 2.41. The fraction of sp³-hybridized carbons (Fsp3) is 0.714. The molecule has 1 aliphatic rings. The summed E-state index contributed by atoms with van der Waals surface area (Å²) in [6.07, 6.45) is 5.09. The van der Waals surface area contributed by atoms with Gasteiger partial charge in [-0.15, -0.1) is 11.3 Å². The van der Waals surface area contributed by atoms with Crippen molar-refractivity contribution in [2.75, 3.05) is 12.8 Å². The molecule has 1 N–H and O–H groups in total. The van der Waals surface area contributed by atoms with Crippen LogP contribution in [0.2, 0.25) is 0 Å². The van der Waals surface area contributed by atoms with Gasteiger partial charge < -0.3 is 5.32 Å². The molecule has 2 atom stereocenters. The van der Waals surface area contributed by atoms with Gasteiger partial charge in [0, 0.05) is 20.5 Å². The summed E-state index contributed by atoms with van der Waals surface area (Å²) in [6.45, 7) is 4.67. The average Bonchev–Trinajstić information content (AvgIpc) is 2.95. The number of thiophene rings is 1. The molecule has 1 aromatic heterocycles. The second-order valence-corrected chi connectivity index (χ2v) is 7.91. The van der Waals surface area contributed by atoms with Crippen molar-refractivity contribution in [3.8, 4) is 0 Å². The molecular weight excluding hydrogens is 246 g/mol. The Labute approximate surface area is 113 Å². The number of hydrogen-bond acceptors (Lipinski definition) is 3. The SMILES string of the molecule is CCc1ccc(CC(NC)C2(C)CCCS2)s1.